The Bertz CT molecular complexity index is 601. The van der Waals surface area contributed by atoms with Crippen molar-refractivity contribution in [3.63, 3.8) is 0 Å². The van der Waals surface area contributed by atoms with Gasteiger partial charge in [0.1, 0.15) is 16.5 Å². The molecule has 0 bridgehead atoms. The van der Waals surface area contributed by atoms with Crippen molar-refractivity contribution < 1.29 is 18.3 Å². The molecule has 2 aromatic rings. The summed E-state index contributed by atoms with van der Waals surface area (Å²) in [4.78, 5) is 15.5. The molecule has 1 heterocycles. The highest BCUT2D eigenvalue weighted by atomic mass is 32.1. The molecule has 19 heavy (non-hydrogen) atoms. The van der Waals surface area contributed by atoms with Crippen molar-refractivity contribution in [1.82, 2.24) is 4.98 Å². The first-order valence-corrected chi connectivity index (χ1v) is 6.13. The van der Waals surface area contributed by atoms with Crippen LogP contribution in [0, 0.1) is 11.6 Å². The number of benzene rings is 1. The number of methoxy groups -OCH3 is 1. The van der Waals surface area contributed by atoms with Crippen LogP contribution >= 0.6 is 11.3 Å². The van der Waals surface area contributed by atoms with Crippen LogP contribution in [-0.2, 0) is 11.3 Å². The van der Waals surface area contributed by atoms with Crippen LogP contribution in [0.4, 0.5) is 13.9 Å². The van der Waals surface area contributed by atoms with Crippen molar-refractivity contribution in [3.05, 3.63) is 46.5 Å². The van der Waals surface area contributed by atoms with Crippen LogP contribution in [0.3, 0.4) is 0 Å². The van der Waals surface area contributed by atoms with Gasteiger partial charge in [0, 0.05) is 18.2 Å². The highest BCUT2D eigenvalue weighted by Gasteiger charge is 2.11. The number of nitrogens with one attached hydrogen (secondary N) is 1. The van der Waals surface area contributed by atoms with Gasteiger partial charge in [-0.1, -0.05) is 17.4 Å². The van der Waals surface area contributed by atoms with Gasteiger partial charge in [0.2, 0.25) is 0 Å². The van der Waals surface area contributed by atoms with Gasteiger partial charge in [-0.05, 0) is 6.07 Å². The van der Waals surface area contributed by atoms with Crippen LogP contribution in [0.15, 0.2) is 24.4 Å². The minimum atomic E-state index is -0.628. The fraction of sp³-hybridized carbons (Fsp3) is 0.167. The molecule has 0 aliphatic carbocycles. The normalized spacial score (nSPS) is 10.3. The largest absolute Gasteiger partial charge is 0.465 e. The lowest BCUT2D eigenvalue weighted by atomic mass is 10.2. The molecule has 0 radical (unpaired) electrons. The lowest BCUT2D eigenvalue weighted by molar-refractivity contribution is 0.0606. The van der Waals surface area contributed by atoms with Crippen molar-refractivity contribution in [1.29, 1.82) is 0 Å². The zero-order chi connectivity index (χ0) is 13.8. The Kier molecular flexibility index (Phi) is 4.06. The van der Waals surface area contributed by atoms with Crippen molar-refractivity contribution >= 4 is 22.4 Å². The van der Waals surface area contributed by atoms with Crippen LogP contribution in [0.5, 0.6) is 0 Å². The Balaban J connectivity index is 2.02. The van der Waals surface area contributed by atoms with E-state index < -0.39 is 17.6 Å². The molecular formula is C12H10F2N2O2S. The number of rotatable bonds is 4. The summed E-state index contributed by atoms with van der Waals surface area (Å²) in [5.74, 6) is -1.72. The smallest absolute Gasteiger partial charge is 0.349 e. The summed E-state index contributed by atoms with van der Waals surface area (Å²) in [5.41, 5.74) is 0.316. The van der Waals surface area contributed by atoms with E-state index in [9.17, 15) is 13.6 Å². The maximum atomic E-state index is 13.4. The van der Waals surface area contributed by atoms with Crippen LogP contribution in [0.1, 0.15) is 15.2 Å². The maximum Gasteiger partial charge on any atom is 0.349 e. The zero-order valence-electron chi connectivity index (χ0n) is 9.94. The first kappa shape index (κ1) is 13.4. The van der Waals surface area contributed by atoms with Gasteiger partial charge in [-0.3, -0.25) is 0 Å². The van der Waals surface area contributed by atoms with E-state index in [2.05, 4.69) is 15.0 Å². The highest BCUT2D eigenvalue weighted by molar-refractivity contribution is 7.17. The van der Waals surface area contributed by atoms with Crippen molar-refractivity contribution in [2.75, 3.05) is 12.4 Å². The van der Waals surface area contributed by atoms with Crippen molar-refractivity contribution in [3.8, 4) is 0 Å². The third-order valence-corrected chi connectivity index (χ3v) is 3.27. The molecule has 0 saturated carbocycles. The zero-order valence-corrected chi connectivity index (χ0v) is 10.8. The minimum absolute atomic E-state index is 0.153. The first-order valence-electron chi connectivity index (χ1n) is 5.32. The average molecular weight is 284 g/mol. The van der Waals surface area contributed by atoms with Gasteiger partial charge in [-0.25, -0.2) is 18.6 Å². The van der Waals surface area contributed by atoms with E-state index in [1.165, 1.54) is 25.4 Å². The van der Waals surface area contributed by atoms with Gasteiger partial charge < -0.3 is 10.1 Å². The van der Waals surface area contributed by atoms with Crippen LogP contribution in [0.2, 0.25) is 0 Å². The average Bonchev–Trinajstić information content (AvgIpc) is 2.85. The Morgan fingerprint density at radius 3 is 2.95 bits per heavy atom. The number of hydrogen-bond acceptors (Lipinski definition) is 5. The number of thiazole rings is 1. The number of halogens is 2. The second-order valence-corrected chi connectivity index (χ2v) is 4.64. The second kappa shape index (κ2) is 5.75. The summed E-state index contributed by atoms with van der Waals surface area (Å²) >= 11 is 1.10. The maximum absolute atomic E-state index is 13.4. The lowest BCUT2D eigenvalue weighted by Gasteiger charge is -2.04. The fourth-order valence-corrected chi connectivity index (χ4v) is 2.12. The SMILES string of the molecule is COC(=O)c1cnc(NCc2ccc(F)cc2F)s1. The molecule has 0 amide bonds. The minimum Gasteiger partial charge on any atom is -0.465 e. The number of esters is 1. The molecule has 1 aromatic heterocycles. The summed E-state index contributed by atoms with van der Waals surface area (Å²) in [6.07, 6.45) is 1.37. The summed E-state index contributed by atoms with van der Waals surface area (Å²) in [5, 5.41) is 3.32. The van der Waals surface area contributed by atoms with E-state index >= 15 is 0 Å². The number of carbonyl (C=O) groups is 1. The van der Waals surface area contributed by atoms with Crippen molar-refractivity contribution in [2.24, 2.45) is 0 Å². The Hall–Kier alpha value is -2.02. The van der Waals surface area contributed by atoms with E-state index in [0.29, 0.717) is 15.6 Å². The number of carbonyl (C=O) groups excluding carboxylic acids is 1. The monoisotopic (exact) mass is 284 g/mol. The van der Waals surface area contributed by atoms with Crippen LogP contribution in [0.25, 0.3) is 0 Å². The molecule has 0 aliphatic heterocycles. The molecule has 0 unspecified atom stereocenters. The molecule has 0 fully saturated rings. The van der Waals surface area contributed by atoms with Gasteiger partial charge in [-0.2, -0.15) is 0 Å². The molecule has 1 aromatic carbocycles. The molecule has 2 rings (SSSR count). The molecule has 7 heteroatoms. The van der Waals surface area contributed by atoms with Crippen LogP contribution in [-0.4, -0.2) is 18.1 Å². The predicted octanol–water partition coefficient (Wildman–Crippen LogP) is 2.82. The van der Waals surface area contributed by atoms with Crippen LogP contribution < -0.4 is 5.32 Å². The number of nitrogens with zero attached hydrogens (tertiary/aromatic N) is 1. The van der Waals surface area contributed by atoms with E-state index in [1.807, 2.05) is 0 Å². The number of ether oxygens (including phenoxy) is 1. The van der Waals surface area contributed by atoms with Gasteiger partial charge in [0.25, 0.3) is 0 Å². The predicted molar refractivity (Wildman–Crippen MR) is 67.1 cm³/mol. The first-order chi connectivity index (χ1) is 9.10. The third kappa shape index (κ3) is 3.25. The van der Waals surface area contributed by atoms with E-state index in [-0.39, 0.29) is 6.54 Å². The summed E-state index contributed by atoms with van der Waals surface area (Å²) in [7, 11) is 1.28. The van der Waals surface area contributed by atoms with Crippen molar-refractivity contribution in [2.45, 2.75) is 6.54 Å². The van der Waals surface area contributed by atoms with E-state index in [1.54, 1.807) is 0 Å². The number of anilines is 1. The van der Waals surface area contributed by atoms with Gasteiger partial charge in [-0.15, -0.1) is 0 Å². The number of hydrogen-bond donors (Lipinski definition) is 1. The molecule has 0 atom stereocenters. The summed E-state index contributed by atoms with van der Waals surface area (Å²) in [6.45, 7) is 0.153. The standard InChI is InChI=1S/C12H10F2N2O2S/c1-18-11(17)10-6-16-12(19-10)15-5-7-2-3-8(13)4-9(7)14/h2-4,6H,5H2,1H3,(H,15,16). The van der Waals surface area contributed by atoms with Gasteiger partial charge >= 0.3 is 5.97 Å². The lowest BCUT2D eigenvalue weighted by Crippen LogP contribution is -2.01. The Morgan fingerprint density at radius 2 is 2.26 bits per heavy atom. The fourth-order valence-electron chi connectivity index (χ4n) is 1.39. The molecule has 1 N–H and O–H groups in total. The molecule has 4 nitrogen and oxygen atoms in total. The molecule has 0 aliphatic rings. The number of aromatic nitrogens is 1. The second-order valence-electron chi connectivity index (χ2n) is 3.61. The summed E-state index contributed by atoms with van der Waals surface area (Å²) < 4.78 is 30.6. The van der Waals surface area contributed by atoms with Gasteiger partial charge in [0.05, 0.1) is 13.3 Å². The summed E-state index contributed by atoms with van der Waals surface area (Å²) in [6, 6.07) is 3.35. The Morgan fingerprint density at radius 1 is 1.47 bits per heavy atom. The molecular weight excluding hydrogens is 274 g/mol. The highest BCUT2D eigenvalue weighted by Crippen LogP contribution is 2.20. The van der Waals surface area contributed by atoms with Gasteiger partial charge in [0.15, 0.2) is 5.13 Å². The molecule has 0 saturated heterocycles. The topological polar surface area (TPSA) is 51.2 Å². The molecule has 100 valence electrons. The molecule has 0 spiro atoms. The van der Waals surface area contributed by atoms with E-state index in [4.69, 9.17) is 0 Å². The quantitative estimate of drug-likeness (QED) is 0.877. The third-order valence-electron chi connectivity index (χ3n) is 2.34. The Labute approximate surface area is 112 Å². The van der Waals surface area contributed by atoms with E-state index in [0.717, 1.165) is 17.4 Å².